The second kappa shape index (κ2) is 7.00. The molecule has 0 bridgehead atoms. The van der Waals surface area contributed by atoms with E-state index in [0.29, 0.717) is 16.7 Å². The molecule has 1 aliphatic rings. The van der Waals surface area contributed by atoms with Crippen LogP contribution in [0.1, 0.15) is 29.7 Å². The first-order valence-corrected chi connectivity index (χ1v) is 8.42. The van der Waals surface area contributed by atoms with Crippen LogP contribution in [0.25, 0.3) is 0 Å². The van der Waals surface area contributed by atoms with Crippen LogP contribution >= 0.6 is 23.2 Å². The van der Waals surface area contributed by atoms with Crippen LogP contribution in [0.5, 0.6) is 11.5 Å². The normalized spacial score (nSPS) is 16.8. The highest BCUT2D eigenvalue weighted by Gasteiger charge is 2.27. The zero-order valence-corrected chi connectivity index (χ0v) is 14.7. The summed E-state index contributed by atoms with van der Waals surface area (Å²) in [5.41, 5.74) is 3.31. The average Bonchev–Trinajstić information content (AvgIpc) is 2.57. The lowest BCUT2D eigenvalue weighted by atomic mass is 9.89. The van der Waals surface area contributed by atoms with Gasteiger partial charge in [0.2, 0.25) is 0 Å². The minimum Gasteiger partial charge on any atom is -0.493 e. The summed E-state index contributed by atoms with van der Waals surface area (Å²) in [6.45, 7) is 3.42. The molecule has 0 aliphatic carbocycles. The molecule has 1 heterocycles. The summed E-state index contributed by atoms with van der Waals surface area (Å²) in [6.07, 6.45) is 0.885. The van der Waals surface area contributed by atoms with Gasteiger partial charge < -0.3 is 14.8 Å². The van der Waals surface area contributed by atoms with Crippen LogP contribution in [0.2, 0.25) is 10.0 Å². The Morgan fingerprint density at radius 1 is 1.17 bits per heavy atom. The summed E-state index contributed by atoms with van der Waals surface area (Å²) >= 11 is 12.6. The largest absolute Gasteiger partial charge is 0.493 e. The molecule has 0 spiro atoms. The summed E-state index contributed by atoms with van der Waals surface area (Å²) < 4.78 is 11.3. The van der Waals surface area contributed by atoms with Gasteiger partial charge in [0.15, 0.2) is 11.5 Å². The van der Waals surface area contributed by atoms with E-state index in [1.165, 1.54) is 5.56 Å². The third kappa shape index (κ3) is 3.01. The molecule has 1 unspecified atom stereocenters. The van der Waals surface area contributed by atoms with Crippen LogP contribution < -0.4 is 14.8 Å². The van der Waals surface area contributed by atoms with Crippen molar-refractivity contribution in [3.8, 4) is 11.5 Å². The maximum Gasteiger partial charge on any atom is 0.164 e. The van der Waals surface area contributed by atoms with E-state index < -0.39 is 0 Å². The fraction of sp³-hybridized carbons (Fsp3) is 0.333. The van der Waals surface area contributed by atoms with Gasteiger partial charge in [0.1, 0.15) is 0 Å². The molecule has 0 saturated carbocycles. The van der Waals surface area contributed by atoms with Crippen molar-refractivity contribution in [2.75, 3.05) is 20.3 Å². The predicted molar refractivity (Wildman–Crippen MR) is 94.2 cm³/mol. The number of rotatable bonds is 4. The zero-order chi connectivity index (χ0) is 16.4. The first-order chi connectivity index (χ1) is 11.2. The van der Waals surface area contributed by atoms with Gasteiger partial charge in [-0.3, -0.25) is 0 Å². The third-order valence-electron chi connectivity index (χ3n) is 4.10. The van der Waals surface area contributed by atoms with E-state index in [9.17, 15) is 0 Å². The quantitative estimate of drug-likeness (QED) is 0.870. The van der Waals surface area contributed by atoms with Crippen molar-refractivity contribution in [3.63, 3.8) is 0 Å². The Morgan fingerprint density at radius 2 is 2.00 bits per heavy atom. The molecule has 23 heavy (non-hydrogen) atoms. The highest BCUT2D eigenvalue weighted by Crippen LogP contribution is 2.42. The summed E-state index contributed by atoms with van der Waals surface area (Å²) in [4.78, 5) is 0. The molecular formula is C18H19Cl2NO2. The van der Waals surface area contributed by atoms with Crippen molar-refractivity contribution < 1.29 is 9.47 Å². The number of hydrogen-bond acceptors (Lipinski definition) is 3. The molecule has 0 saturated heterocycles. The van der Waals surface area contributed by atoms with Gasteiger partial charge >= 0.3 is 0 Å². The minimum atomic E-state index is -0.00457. The molecule has 3 nitrogen and oxygen atoms in total. The Bertz CT molecular complexity index is 718. The van der Waals surface area contributed by atoms with Crippen molar-refractivity contribution in [2.24, 2.45) is 0 Å². The van der Waals surface area contributed by atoms with E-state index in [1.54, 1.807) is 13.2 Å². The topological polar surface area (TPSA) is 30.5 Å². The highest BCUT2D eigenvalue weighted by molar-refractivity contribution is 6.42. The SMILES string of the molecule is CCOc1c(OC)ccc2c1CCNC2c1cccc(Cl)c1Cl. The van der Waals surface area contributed by atoms with Crippen LogP contribution in [0.4, 0.5) is 0 Å². The Morgan fingerprint density at radius 3 is 2.74 bits per heavy atom. The third-order valence-corrected chi connectivity index (χ3v) is 4.93. The molecule has 0 fully saturated rings. The standard InChI is InChI=1S/C18H19Cl2NO2/c1-3-23-18-12-9-10-21-17(11(12)7-8-15(18)22-2)13-5-4-6-14(19)16(13)20/h4-8,17,21H,3,9-10H2,1-2H3. The van der Waals surface area contributed by atoms with Crippen LogP contribution in [-0.4, -0.2) is 20.3 Å². The van der Waals surface area contributed by atoms with Crippen molar-refractivity contribution >= 4 is 23.2 Å². The molecule has 3 rings (SSSR count). The molecule has 0 radical (unpaired) electrons. The van der Waals surface area contributed by atoms with E-state index >= 15 is 0 Å². The summed E-state index contributed by atoms with van der Waals surface area (Å²) in [6, 6.07) is 9.75. The van der Waals surface area contributed by atoms with Gasteiger partial charge in [-0.25, -0.2) is 0 Å². The van der Waals surface area contributed by atoms with E-state index in [0.717, 1.165) is 35.6 Å². The average molecular weight is 352 g/mol. The van der Waals surface area contributed by atoms with Crippen LogP contribution in [-0.2, 0) is 6.42 Å². The molecule has 0 amide bonds. The lowest BCUT2D eigenvalue weighted by Crippen LogP contribution is -2.31. The zero-order valence-electron chi connectivity index (χ0n) is 13.2. The van der Waals surface area contributed by atoms with E-state index in [4.69, 9.17) is 32.7 Å². The van der Waals surface area contributed by atoms with Gasteiger partial charge in [0, 0.05) is 12.1 Å². The molecule has 1 atom stereocenters. The summed E-state index contributed by atoms with van der Waals surface area (Å²) in [7, 11) is 1.66. The maximum atomic E-state index is 6.42. The lowest BCUT2D eigenvalue weighted by molar-refractivity contribution is 0.305. The molecule has 0 aromatic heterocycles. The first-order valence-electron chi connectivity index (χ1n) is 7.67. The maximum absolute atomic E-state index is 6.42. The van der Waals surface area contributed by atoms with Crippen LogP contribution in [0.15, 0.2) is 30.3 Å². The van der Waals surface area contributed by atoms with Crippen LogP contribution in [0, 0.1) is 0 Å². The molecule has 1 aliphatic heterocycles. The molecule has 5 heteroatoms. The number of benzene rings is 2. The fourth-order valence-electron chi connectivity index (χ4n) is 3.09. The number of methoxy groups -OCH3 is 1. The molecular weight excluding hydrogens is 333 g/mol. The van der Waals surface area contributed by atoms with Gasteiger partial charge in [-0.05, 0) is 36.6 Å². The van der Waals surface area contributed by atoms with Crippen molar-refractivity contribution in [1.82, 2.24) is 5.32 Å². The molecule has 122 valence electrons. The first kappa shape index (κ1) is 16.4. The fourth-order valence-corrected chi connectivity index (χ4v) is 3.50. The number of fused-ring (bicyclic) bond motifs is 1. The number of halogens is 2. The molecule has 2 aromatic rings. The van der Waals surface area contributed by atoms with Crippen molar-refractivity contribution in [1.29, 1.82) is 0 Å². The Labute approximate surface area is 146 Å². The van der Waals surface area contributed by atoms with E-state index in [-0.39, 0.29) is 6.04 Å². The highest BCUT2D eigenvalue weighted by atomic mass is 35.5. The lowest BCUT2D eigenvalue weighted by Gasteiger charge is -2.30. The van der Waals surface area contributed by atoms with E-state index in [2.05, 4.69) is 11.4 Å². The molecule has 2 aromatic carbocycles. The summed E-state index contributed by atoms with van der Waals surface area (Å²) in [5.74, 6) is 1.60. The van der Waals surface area contributed by atoms with Gasteiger partial charge in [-0.1, -0.05) is 41.4 Å². The minimum absolute atomic E-state index is 0.00457. The number of hydrogen-bond donors (Lipinski definition) is 1. The summed E-state index contributed by atoms with van der Waals surface area (Å²) in [5, 5.41) is 4.68. The van der Waals surface area contributed by atoms with Crippen molar-refractivity contribution in [2.45, 2.75) is 19.4 Å². The monoisotopic (exact) mass is 351 g/mol. The van der Waals surface area contributed by atoms with Gasteiger partial charge in [-0.2, -0.15) is 0 Å². The number of ether oxygens (including phenoxy) is 2. The van der Waals surface area contributed by atoms with Gasteiger partial charge in [0.05, 0.1) is 29.8 Å². The predicted octanol–water partition coefficient (Wildman–Crippen LogP) is 4.64. The smallest absolute Gasteiger partial charge is 0.164 e. The second-order valence-corrected chi connectivity index (χ2v) is 6.16. The van der Waals surface area contributed by atoms with E-state index in [1.807, 2.05) is 25.1 Å². The Kier molecular flexibility index (Phi) is 5.00. The van der Waals surface area contributed by atoms with Gasteiger partial charge in [-0.15, -0.1) is 0 Å². The van der Waals surface area contributed by atoms with Gasteiger partial charge in [0.25, 0.3) is 0 Å². The van der Waals surface area contributed by atoms with Crippen LogP contribution in [0.3, 0.4) is 0 Å². The second-order valence-electron chi connectivity index (χ2n) is 5.38. The van der Waals surface area contributed by atoms with Crippen molar-refractivity contribution in [3.05, 3.63) is 57.1 Å². The molecule has 1 N–H and O–H groups in total. The Balaban J connectivity index is 2.13. The Hall–Kier alpha value is -1.42. The number of nitrogens with one attached hydrogen (secondary N) is 1.